The molecule has 4 aromatic rings. The SMILES string of the molecule is Cc1ccc(C2c3cccn3CCN2Cc2ccc(C(=O)Nc3ccc(C)c(C)c3)o2)cc1. The zero-order valence-corrected chi connectivity index (χ0v) is 19.3. The van der Waals surface area contributed by atoms with Crippen molar-refractivity contribution in [1.29, 1.82) is 0 Å². The zero-order valence-electron chi connectivity index (χ0n) is 19.3. The summed E-state index contributed by atoms with van der Waals surface area (Å²) in [7, 11) is 0. The highest BCUT2D eigenvalue weighted by molar-refractivity contribution is 6.02. The minimum atomic E-state index is -0.230. The third kappa shape index (κ3) is 4.37. The zero-order chi connectivity index (χ0) is 22.9. The molecule has 5 nitrogen and oxygen atoms in total. The Morgan fingerprint density at radius 1 is 0.970 bits per heavy atom. The summed E-state index contributed by atoms with van der Waals surface area (Å²) < 4.78 is 8.31. The Morgan fingerprint density at radius 3 is 2.58 bits per heavy atom. The Bertz CT molecular complexity index is 1280. The first-order valence-corrected chi connectivity index (χ1v) is 11.4. The normalized spacial score (nSPS) is 15.9. The van der Waals surface area contributed by atoms with Crippen LogP contribution in [0, 0.1) is 20.8 Å². The van der Waals surface area contributed by atoms with Crippen molar-refractivity contribution in [3.63, 3.8) is 0 Å². The molecule has 1 aliphatic heterocycles. The molecular formula is C28H29N3O2. The van der Waals surface area contributed by atoms with Crippen molar-refractivity contribution in [2.24, 2.45) is 0 Å². The highest BCUT2D eigenvalue weighted by Gasteiger charge is 2.29. The molecule has 5 rings (SSSR count). The maximum atomic E-state index is 12.7. The Kier molecular flexibility index (Phi) is 5.65. The number of anilines is 1. The first-order valence-electron chi connectivity index (χ1n) is 11.4. The molecule has 0 fully saturated rings. The molecule has 0 aliphatic carbocycles. The molecule has 2 aromatic heterocycles. The summed E-state index contributed by atoms with van der Waals surface area (Å²) in [6.07, 6.45) is 2.15. The minimum Gasteiger partial charge on any atom is -0.455 e. The van der Waals surface area contributed by atoms with Crippen molar-refractivity contribution in [2.45, 2.75) is 39.9 Å². The number of nitrogens with one attached hydrogen (secondary N) is 1. The first kappa shape index (κ1) is 21.3. The van der Waals surface area contributed by atoms with Gasteiger partial charge < -0.3 is 14.3 Å². The standard InChI is InChI=1S/C28H29N3O2/c1-19-6-9-22(10-7-19)27-25-5-4-14-30(25)15-16-31(27)18-24-12-13-26(33-24)28(32)29-23-11-8-20(2)21(3)17-23/h4-14,17,27H,15-16,18H2,1-3H3,(H,29,32). The summed E-state index contributed by atoms with van der Waals surface area (Å²) >= 11 is 0. The Hall–Kier alpha value is -3.57. The maximum Gasteiger partial charge on any atom is 0.291 e. The number of nitrogens with zero attached hydrogens (tertiary/aromatic N) is 2. The van der Waals surface area contributed by atoms with Crippen LogP contribution in [0.2, 0.25) is 0 Å². The number of furan rings is 1. The molecule has 33 heavy (non-hydrogen) atoms. The van der Waals surface area contributed by atoms with Crippen LogP contribution in [0.15, 0.2) is 77.3 Å². The van der Waals surface area contributed by atoms with Crippen molar-refractivity contribution in [2.75, 3.05) is 11.9 Å². The van der Waals surface area contributed by atoms with E-state index in [1.165, 1.54) is 22.4 Å². The summed E-state index contributed by atoms with van der Waals surface area (Å²) in [6.45, 7) is 8.69. The van der Waals surface area contributed by atoms with E-state index in [0.29, 0.717) is 12.3 Å². The van der Waals surface area contributed by atoms with Gasteiger partial charge in [-0.2, -0.15) is 0 Å². The van der Waals surface area contributed by atoms with Crippen LogP contribution in [-0.2, 0) is 13.1 Å². The van der Waals surface area contributed by atoms with Crippen LogP contribution < -0.4 is 5.32 Å². The molecule has 0 saturated carbocycles. The van der Waals surface area contributed by atoms with Gasteiger partial charge in [-0.25, -0.2) is 0 Å². The fourth-order valence-corrected chi connectivity index (χ4v) is 4.53. The van der Waals surface area contributed by atoms with Gasteiger partial charge in [0, 0.05) is 30.7 Å². The summed E-state index contributed by atoms with van der Waals surface area (Å²) in [4.78, 5) is 15.2. The second-order valence-electron chi connectivity index (χ2n) is 8.93. The Balaban J connectivity index is 1.35. The van der Waals surface area contributed by atoms with Gasteiger partial charge in [0.25, 0.3) is 5.91 Å². The topological polar surface area (TPSA) is 50.4 Å². The van der Waals surface area contributed by atoms with Crippen LogP contribution in [0.1, 0.15) is 50.3 Å². The number of benzene rings is 2. The molecular weight excluding hydrogens is 410 g/mol. The van der Waals surface area contributed by atoms with E-state index in [1.54, 1.807) is 6.07 Å². The molecule has 3 heterocycles. The van der Waals surface area contributed by atoms with Crippen molar-refractivity contribution >= 4 is 11.6 Å². The largest absolute Gasteiger partial charge is 0.455 e. The third-order valence-corrected chi connectivity index (χ3v) is 6.54. The lowest BCUT2D eigenvalue weighted by Crippen LogP contribution is -2.37. The van der Waals surface area contributed by atoms with Gasteiger partial charge in [0.1, 0.15) is 5.76 Å². The summed E-state index contributed by atoms with van der Waals surface area (Å²) in [5, 5.41) is 2.94. The highest BCUT2D eigenvalue weighted by Crippen LogP contribution is 2.34. The molecule has 1 aliphatic rings. The third-order valence-electron chi connectivity index (χ3n) is 6.54. The van der Waals surface area contributed by atoms with Gasteiger partial charge in [-0.1, -0.05) is 35.9 Å². The number of carbonyl (C=O) groups excluding carboxylic acids is 1. The van der Waals surface area contributed by atoms with Crippen LogP contribution in [-0.4, -0.2) is 21.9 Å². The smallest absolute Gasteiger partial charge is 0.291 e. The lowest BCUT2D eigenvalue weighted by molar-refractivity contribution is 0.0990. The van der Waals surface area contributed by atoms with E-state index in [-0.39, 0.29) is 11.9 Å². The molecule has 0 saturated heterocycles. The predicted molar refractivity (Wildman–Crippen MR) is 130 cm³/mol. The van der Waals surface area contributed by atoms with Crippen LogP contribution in [0.3, 0.4) is 0 Å². The van der Waals surface area contributed by atoms with Gasteiger partial charge in [-0.05, 0) is 73.9 Å². The molecule has 168 valence electrons. The Morgan fingerprint density at radius 2 is 1.79 bits per heavy atom. The summed E-state index contributed by atoms with van der Waals surface area (Å²) in [5.74, 6) is 0.889. The van der Waals surface area contributed by atoms with Gasteiger partial charge in [0.15, 0.2) is 5.76 Å². The van der Waals surface area contributed by atoms with Gasteiger partial charge in [-0.15, -0.1) is 0 Å². The molecule has 5 heteroatoms. The summed E-state index contributed by atoms with van der Waals surface area (Å²) in [6, 6.07) is 22.8. The average molecular weight is 440 g/mol. The lowest BCUT2D eigenvalue weighted by atomic mass is 9.99. The Labute approximate surface area is 194 Å². The number of rotatable bonds is 5. The molecule has 1 unspecified atom stereocenters. The van der Waals surface area contributed by atoms with Crippen molar-refractivity contribution in [3.05, 3.63) is 112 Å². The maximum absolute atomic E-state index is 12.7. The first-order chi connectivity index (χ1) is 16.0. The number of amides is 1. The van der Waals surface area contributed by atoms with E-state index >= 15 is 0 Å². The van der Waals surface area contributed by atoms with Gasteiger partial charge in [0.05, 0.1) is 12.6 Å². The van der Waals surface area contributed by atoms with E-state index in [2.05, 4.69) is 71.2 Å². The van der Waals surface area contributed by atoms with E-state index in [4.69, 9.17) is 4.42 Å². The van der Waals surface area contributed by atoms with Crippen molar-refractivity contribution < 1.29 is 9.21 Å². The van der Waals surface area contributed by atoms with Crippen LogP contribution in [0.4, 0.5) is 5.69 Å². The lowest BCUT2D eigenvalue weighted by Gasteiger charge is -2.37. The van der Waals surface area contributed by atoms with Crippen LogP contribution >= 0.6 is 0 Å². The number of carbonyl (C=O) groups is 1. The number of hydrogen-bond acceptors (Lipinski definition) is 3. The predicted octanol–water partition coefficient (Wildman–Crippen LogP) is 5.86. The van der Waals surface area contributed by atoms with Crippen molar-refractivity contribution in [1.82, 2.24) is 9.47 Å². The second-order valence-corrected chi connectivity index (χ2v) is 8.93. The van der Waals surface area contributed by atoms with Crippen LogP contribution in [0.25, 0.3) is 0 Å². The molecule has 1 amide bonds. The number of aryl methyl sites for hydroxylation is 3. The van der Waals surface area contributed by atoms with E-state index in [1.807, 2.05) is 31.2 Å². The molecule has 0 radical (unpaired) electrons. The molecule has 2 aromatic carbocycles. The number of fused-ring (bicyclic) bond motifs is 1. The van der Waals surface area contributed by atoms with Crippen molar-refractivity contribution in [3.8, 4) is 0 Å². The van der Waals surface area contributed by atoms with Gasteiger partial charge >= 0.3 is 0 Å². The number of aromatic nitrogens is 1. The molecule has 0 bridgehead atoms. The fourth-order valence-electron chi connectivity index (χ4n) is 4.53. The minimum absolute atomic E-state index is 0.146. The highest BCUT2D eigenvalue weighted by atomic mass is 16.4. The van der Waals surface area contributed by atoms with Gasteiger partial charge in [-0.3, -0.25) is 9.69 Å². The second kappa shape index (κ2) is 8.75. The van der Waals surface area contributed by atoms with E-state index in [9.17, 15) is 4.79 Å². The van der Waals surface area contributed by atoms with E-state index < -0.39 is 0 Å². The fraction of sp³-hybridized carbons (Fsp3) is 0.250. The van der Waals surface area contributed by atoms with E-state index in [0.717, 1.165) is 30.1 Å². The summed E-state index contributed by atoms with van der Waals surface area (Å²) in [5.41, 5.74) is 6.91. The number of hydrogen-bond donors (Lipinski definition) is 1. The molecule has 0 spiro atoms. The van der Waals surface area contributed by atoms with Crippen LogP contribution in [0.5, 0.6) is 0 Å². The average Bonchev–Trinajstić information content (AvgIpc) is 3.47. The molecule has 1 atom stereocenters. The van der Waals surface area contributed by atoms with Gasteiger partial charge in [0.2, 0.25) is 0 Å². The monoisotopic (exact) mass is 439 g/mol. The molecule has 1 N–H and O–H groups in total. The quantitative estimate of drug-likeness (QED) is 0.423.